The number of anilines is 1. The topological polar surface area (TPSA) is 54.5 Å². The van der Waals surface area contributed by atoms with E-state index < -0.39 is 0 Å². The van der Waals surface area contributed by atoms with Gasteiger partial charge in [0.2, 0.25) is 0 Å². The van der Waals surface area contributed by atoms with Gasteiger partial charge >= 0.3 is 0 Å². The number of benzene rings is 1. The molecule has 2 aromatic rings. The molecular formula is C18H20ClN3O2. The van der Waals surface area contributed by atoms with Gasteiger partial charge in [0.05, 0.1) is 24.8 Å². The molecule has 1 atom stereocenters. The lowest BCUT2D eigenvalue weighted by Crippen LogP contribution is -2.36. The lowest BCUT2D eigenvalue weighted by atomic mass is 10.1. The van der Waals surface area contributed by atoms with Crippen LogP contribution >= 0.6 is 11.6 Å². The van der Waals surface area contributed by atoms with Crippen LogP contribution in [0.3, 0.4) is 0 Å². The van der Waals surface area contributed by atoms with E-state index in [-0.39, 0.29) is 11.9 Å². The van der Waals surface area contributed by atoms with E-state index in [1.54, 1.807) is 12.3 Å². The highest BCUT2D eigenvalue weighted by Crippen LogP contribution is 2.18. The zero-order valence-electron chi connectivity index (χ0n) is 13.5. The van der Waals surface area contributed by atoms with Crippen LogP contribution in [0.5, 0.6) is 0 Å². The zero-order valence-corrected chi connectivity index (χ0v) is 14.3. The van der Waals surface area contributed by atoms with Crippen LogP contribution in [-0.4, -0.2) is 37.2 Å². The molecule has 1 aliphatic rings. The largest absolute Gasteiger partial charge is 0.378 e. The maximum atomic E-state index is 12.4. The van der Waals surface area contributed by atoms with Gasteiger partial charge in [0, 0.05) is 24.3 Å². The first-order valence-electron chi connectivity index (χ1n) is 7.98. The molecule has 0 saturated carbocycles. The molecule has 126 valence electrons. The van der Waals surface area contributed by atoms with Crippen LogP contribution in [0.25, 0.3) is 0 Å². The van der Waals surface area contributed by atoms with Crippen molar-refractivity contribution in [3.63, 3.8) is 0 Å². The number of morpholine rings is 1. The maximum Gasteiger partial charge on any atom is 0.253 e. The number of halogens is 1. The van der Waals surface area contributed by atoms with Gasteiger partial charge in [0.1, 0.15) is 5.82 Å². The summed E-state index contributed by atoms with van der Waals surface area (Å²) in [5.41, 5.74) is 1.51. The highest BCUT2D eigenvalue weighted by molar-refractivity contribution is 6.30. The van der Waals surface area contributed by atoms with Crippen molar-refractivity contribution in [3.8, 4) is 0 Å². The van der Waals surface area contributed by atoms with E-state index >= 15 is 0 Å². The van der Waals surface area contributed by atoms with Crippen LogP contribution in [0.1, 0.15) is 28.9 Å². The van der Waals surface area contributed by atoms with E-state index in [0.29, 0.717) is 23.8 Å². The van der Waals surface area contributed by atoms with E-state index in [0.717, 1.165) is 24.5 Å². The molecular weight excluding hydrogens is 326 g/mol. The van der Waals surface area contributed by atoms with Gasteiger partial charge < -0.3 is 15.0 Å². The Morgan fingerprint density at radius 3 is 2.75 bits per heavy atom. The average Bonchev–Trinajstić information content (AvgIpc) is 2.62. The van der Waals surface area contributed by atoms with E-state index in [9.17, 15) is 4.79 Å². The lowest BCUT2D eigenvalue weighted by molar-refractivity contribution is 0.0939. The van der Waals surface area contributed by atoms with E-state index in [2.05, 4.69) is 15.2 Å². The second-order valence-electron chi connectivity index (χ2n) is 5.75. The van der Waals surface area contributed by atoms with Crippen molar-refractivity contribution in [2.45, 2.75) is 13.0 Å². The standard InChI is InChI=1S/C18H20ClN3O2/c1-13(14-3-2-4-16(19)11-14)21-18(23)15-5-6-17(20-12-15)22-7-9-24-10-8-22/h2-6,11-13H,7-10H2,1H3,(H,21,23). The third-order valence-corrected chi connectivity index (χ3v) is 4.28. The van der Waals surface area contributed by atoms with Crippen LogP contribution in [0.15, 0.2) is 42.6 Å². The number of nitrogens with zero attached hydrogens (tertiary/aromatic N) is 2. The Kier molecular flexibility index (Phi) is 5.33. The molecule has 3 rings (SSSR count). The van der Waals surface area contributed by atoms with Gasteiger partial charge in [-0.1, -0.05) is 23.7 Å². The summed E-state index contributed by atoms with van der Waals surface area (Å²) in [6.07, 6.45) is 1.62. The van der Waals surface area contributed by atoms with Crippen molar-refractivity contribution in [2.24, 2.45) is 0 Å². The second-order valence-corrected chi connectivity index (χ2v) is 6.19. The molecule has 0 spiro atoms. The monoisotopic (exact) mass is 345 g/mol. The number of nitrogens with one attached hydrogen (secondary N) is 1. The molecule has 0 bridgehead atoms. The Bertz CT molecular complexity index is 700. The molecule has 0 radical (unpaired) electrons. The number of carbonyl (C=O) groups is 1. The highest BCUT2D eigenvalue weighted by atomic mass is 35.5. The number of pyridine rings is 1. The SMILES string of the molecule is CC(NC(=O)c1ccc(N2CCOCC2)nc1)c1cccc(Cl)c1. The van der Waals surface area contributed by atoms with Crippen molar-refractivity contribution < 1.29 is 9.53 Å². The molecule has 0 aliphatic carbocycles. The van der Waals surface area contributed by atoms with Crippen LogP contribution in [0.2, 0.25) is 5.02 Å². The molecule has 1 saturated heterocycles. The van der Waals surface area contributed by atoms with Crippen molar-refractivity contribution in [1.29, 1.82) is 0 Å². The maximum absolute atomic E-state index is 12.4. The molecule has 1 unspecified atom stereocenters. The Labute approximate surface area is 146 Å². The van der Waals surface area contributed by atoms with Gasteiger partial charge in [0.25, 0.3) is 5.91 Å². The zero-order chi connectivity index (χ0) is 16.9. The van der Waals surface area contributed by atoms with E-state index in [1.807, 2.05) is 37.3 Å². The number of hydrogen-bond acceptors (Lipinski definition) is 4. The number of ether oxygens (including phenoxy) is 1. The van der Waals surface area contributed by atoms with Crippen LogP contribution < -0.4 is 10.2 Å². The summed E-state index contributed by atoms with van der Waals surface area (Å²) in [5.74, 6) is 0.723. The van der Waals surface area contributed by atoms with Gasteiger partial charge in [-0.15, -0.1) is 0 Å². The molecule has 1 aromatic carbocycles. The fourth-order valence-corrected chi connectivity index (χ4v) is 2.84. The number of amides is 1. The normalized spacial score (nSPS) is 15.8. The molecule has 5 nitrogen and oxygen atoms in total. The quantitative estimate of drug-likeness (QED) is 0.925. The van der Waals surface area contributed by atoms with Gasteiger partial charge in [-0.05, 0) is 36.8 Å². The van der Waals surface area contributed by atoms with Crippen LogP contribution in [0.4, 0.5) is 5.82 Å². The summed E-state index contributed by atoms with van der Waals surface area (Å²) >= 11 is 6.00. The van der Waals surface area contributed by atoms with Crippen molar-refractivity contribution in [3.05, 3.63) is 58.7 Å². The molecule has 24 heavy (non-hydrogen) atoms. The Balaban J connectivity index is 1.64. The Morgan fingerprint density at radius 1 is 1.29 bits per heavy atom. The fourth-order valence-electron chi connectivity index (χ4n) is 2.64. The number of aromatic nitrogens is 1. The number of rotatable bonds is 4. The third-order valence-electron chi connectivity index (χ3n) is 4.04. The van der Waals surface area contributed by atoms with Gasteiger partial charge in [-0.25, -0.2) is 4.98 Å². The summed E-state index contributed by atoms with van der Waals surface area (Å²) in [7, 11) is 0. The minimum Gasteiger partial charge on any atom is -0.378 e. The molecule has 2 heterocycles. The summed E-state index contributed by atoms with van der Waals surface area (Å²) in [6, 6.07) is 11.0. The van der Waals surface area contributed by atoms with Gasteiger partial charge in [-0.3, -0.25) is 4.79 Å². The van der Waals surface area contributed by atoms with Crippen molar-refractivity contribution >= 4 is 23.3 Å². The molecule has 1 fully saturated rings. The fraction of sp³-hybridized carbons (Fsp3) is 0.333. The van der Waals surface area contributed by atoms with Gasteiger partial charge in [0.15, 0.2) is 0 Å². The molecule has 6 heteroatoms. The minimum atomic E-state index is -0.150. The third kappa shape index (κ3) is 4.04. The van der Waals surface area contributed by atoms with Crippen molar-refractivity contribution in [1.82, 2.24) is 10.3 Å². The van der Waals surface area contributed by atoms with E-state index in [4.69, 9.17) is 16.3 Å². The molecule has 1 aromatic heterocycles. The smallest absolute Gasteiger partial charge is 0.253 e. The van der Waals surface area contributed by atoms with Crippen LogP contribution in [0, 0.1) is 0 Å². The second kappa shape index (κ2) is 7.64. The summed E-state index contributed by atoms with van der Waals surface area (Å²) in [4.78, 5) is 18.9. The minimum absolute atomic E-state index is 0.130. The lowest BCUT2D eigenvalue weighted by Gasteiger charge is -2.27. The highest BCUT2D eigenvalue weighted by Gasteiger charge is 2.15. The van der Waals surface area contributed by atoms with Gasteiger partial charge in [-0.2, -0.15) is 0 Å². The first-order chi connectivity index (χ1) is 11.6. The predicted molar refractivity (Wildman–Crippen MR) is 94.6 cm³/mol. The Hall–Kier alpha value is -2.11. The van der Waals surface area contributed by atoms with Crippen LogP contribution in [-0.2, 0) is 4.74 Å². The Morgan fingerprint density at radius 2 is 2.08 bits per heavy atom. The van der Waals surface area contributed by atoms with Crippen molar-refractivity contribution in [2.75, 3.05) is 31.2 Å². The number of hydrogen-bond donors (Lipinski definition) is 1. The summed E-state index contributed by atoms with van der Waals surface area (Å²) in [6.45, 7) is 5.00. The molecule has 1 amide bonds. The molecule has 1 N–H and O–H groups in total. The van der Waals surface area contributed by atoms with E-state index in [1.165, 1.54) is 0 Å². The number of carbonyl (C=O) groups excluding carboxylic acids is 1. The summed E-state index contributed by atoms with van der Waals surface area (Å²) < 4.78 is 5.33. The predicted octanol–water partition coefficient (Wildman–Crippen LogP) is 3.06. The average molecular weight is 346 g/mol. The molecule has 1 aliphatic heterocycles. The first kappa shape index (κ1) is 16.7. The first-order valence-corrected chi connectivity index (χ1v) is 8.36. The summed E-state index contributed by atoms with van der Waals surface area (Å²) in [5, 5.41) is 3.63.